The third-order valence-corrected chi connectivity index (χ3v) is 3.32. The number of hydrogen-bond donors (Lipinski definition) is 2. The highest BCUT2D eigenvalue weighted by molar-refractivity contribution is 6.30. The van der Waals surface area contributed by atoms with E-state index in [0.717, 1.165) is 42.2 Å². The van der Waals surface area contributed by atoms with Crippen molar-refractivity contribution in [1.82, 2.24) is 15.0 Å². The summed E-state index contributed by atoms with van der Waals surface area (Å²) in [6, 6.07) is 3.92. The number of H-pyrrole nitrogens is 1. The molecule has 102 valence electrons. The summed E-state index contributed by atoms with van der Waals surface area (Å²) in [6.45, 7) is 4.77. The summed E-state index contributed by atoms with van der Waals surface area (Å²) < 4.78 is 0. The van der Waals surface area contributed by atoms with Crippen LogP contribution in [0.2, 0.25) is 5.15 Å². The van der Waals surface area contributed by atoms with Gasteiger partial charge in [-0.15, -0.1) is 0 Å². The van der Waals surface area contributed by atoms with Crippen molar-refractivity contribution in [3.8, 4) is 0 Å². The molecule has 2 rings (SSSR count). The van der Waals surface area contributed by atoms with Gasteiger partial charge in [0, 0.05) is 12.6 Å². The van der Waals surface area contributed by atoms with Crippen molar-refractivity contribution in [2.24, 2.45) is 0 Å². The predicted molar refractivity (Wildman–Crippen MR) is 78.5 cm³/mol. The molecule has 4 nitrogen and oxygen atoms in total. The van der Waals surface area contributed by atoms with Gasteiger partial charge in [0.15, 0.2) is 5.15 Å². The molecule has 0 aliphatic carbocycles. The van der Waals surface area contributed by atoms with Crippen LogP contribution in [0.5, 0.6) is 0 Å². The van der Waals surface area contributed by atoms with Gasteiger partial charge in [0.05, 0.1) is 23.6 Å². The second kappa shape index (κ2) is 6.57. The monoisotopic (exact) mass is 278 g/mol. The van der Waals surface area contributed by atoms with Crippen LogP contribution in [0.3, 0.4) is 0 Å². The minimum atomic E-state index is 0.556. The number of halogens is 1. The first-order valence-electron chi connectivity index (χ1n) is 6.59. The number of rotatable bonds is 6. The van der Waals surface area contributed by atoms with E-state index in [1.807, 2.05) is 19.1 Å². The molecule has 2 N–H and O–H groups in total. The summed E-state index contributed by atoms with van der Waals surface area (Å²) >= 11 is 6.13. The summed E-state index contributed by atoms with van der Waals surface area (Å²) in [5.41, 5.74) is 2.92. The number of unbranched alkanes of at least 4 members (excludes halogenated alkanes) is 1. The number of aromatic amines is 1. The Hall–Kier alpha value is -1.55. The number of anilines is 1. The molecule has 0 fully saturated rings. The van der Waals surface area contributed by atoms with Gasteiger partial charge in [0.25, 0.3) is 0 Å². The smallest absolute Gasteiger partial charge is 0.152 e. The average Bonchev–Trinajstić information content (AvgIpc) is 2.76. The van der Waals surface area contributed by atoms with E-state index < -0.39 is 0 Å². The third-order valence-electron chi connectivity index (χ3n) is 3.01. The number of nitrogens with zero attached hydrogens (tertiary/aromatic N) is 2. The number of hydrogen-bond acceptors (Lipinski definition) is 3. The highest BCUT2D eigenvalue weighted by Gasteiger charge is 2.08. The van der Waals surface area contributed by atoms with E-state index in [2.05, 4.69) is 27.2 Å². The van der Waals surface area contributed by atoms with E-state index in [0.29, 0.717) is 11.7 Å². The molecular formula is C14H19ClN4. The van der Waals surface area contributed by atoms with E-state index in [-0.39, 0.29) is 0 Å². The summed E-state index contributed by atoms with van der Waals surface area (Å²) in [4.78, 5) is 11.9. The normalized spacial score (nSPS) is 10.7. The highest BCUT2D eigenvalue weighted by Crippen LogP contribution is 2.17. The average molecular weight is 279 g/mol. The first kappa shape index (κ1) is 13.9. The van der Waals surface area contributed by atoms with E-state index in [1.54, 1.807) is 6.20 Å². The molecule has 0 aliphatic heterocycles. The number of pyridine rings is 1. The van der Waals surface area contributed by atoms with Gasteiger partial charge in [0.2, 0.25) is 0 Å². The van der Waals surface area contributed by atoms with Crippen LogP contribution < -0.4 is 5.32 Å². The molecule has 0 aromatic carbocycles. The quantitative estimate of drug-likeness (QED) is 0.847. The van der Waals surface area contributed by atoms with Gasteiger partial charge in [-0.25, -0.2) is 4.98 Å². The second-order valence-corrected chi connectivity index (χ2v) is 4.90. The Morgan fingerprint density at radius 1 is 1.42 bits per heavy atom. The van der Waals surface area contributed by atoms with E-state index in [4.69, 9.17) is 11.6 Å². The fraction of sp³-hybridized carbons (Fsp3) is 0.429. The zero-order valence-corrected chi connectivity index (χ0v) is 12.1. The van der Waals surface area contributed by atoms with Gasteiger partial charge >= 0.3 is 0 Å². The Labute approximate surface area is 118 Å². The molecule has 19 heavy (non-hydrogen) atoms. The van der Waals surface area contributed by atoms with E-state index in [9.17, 15) is 0 Å². The SMILES string of the molecule is CCCCc1nc(Cl)c(CNc2cccnc2C)[nH]1. The topological polar surface area (TPSA) is 53.6 Å². The first-order valence-corrected chi connectivity index (χ1v) is 6.97. The number of aromatic nitrogens is 3. The van der Waals surface area contributed by atoms with Crippen LogP contribution in [-0.2, 0) is 13.0 Å². The van der Waals surface area contributed by atoms with Gasteiger partial charge in [-0.2, -0.15) is 0 Å². The Morgan fingerprint density at radius 2 is 2.26 bits per heavy atom. The minimum Gasteiger partial charge on any atom is -0.378 e. The lowest BCUT2D eigenvalue weighted by Crippen LogP contribution is -2.02. The zero-order valence-electron chi connectivity index (χ0n) is 11.3. The molecule has 0 unspecified atom stereocenters. The molecule has 2 aromatic rings. The van der Waals surface area contributed by atoms with Crippen LogP contribution in [0, 0.1) is 6.92 Å². The van der Waals surface area contributed by atoms with Crippen molar-refractivity contribution in [2.75, 3.05) is 5.32 Å². The van der Waals surface area contributed by atoms with Gasteiger partial charge in [0.1, 0.15) is 5.82 Å². The lowest BCUT2D eigenvalue weighted by Gasteiger charge is -2.07. The first-order chi connectivity index (χ1) is 9.20. The molecule has 2 aromatic heterocycles. The number of nitrogens with one attached hydrogen (secondary N) is 2. The summed E-state index contributed by atoms with van der Waals surface area (Å²) in [5.74, 6) is 0.964. The van der Waals surface area contributed by atoms with Crippen molar-refractivity contribution >= 4 is 17.3 Å². The molecule has 0 saturated carbocycles. The molecule has 0 amide bonds. The lowest BCUT2D eigenvalue weighted by atomic mass is 10.2. The van der Waals surface area contributed by atoms with Crippen molar-refractivity contribution in [3.05, 3.63) is 40.7 Å². The fourth-order valence-electron chi connectivity index (χ4n) is 1.87. The number of aryl methyl sites for hydroxylation is 2. The highest BCUT2D eigenvalue weighted by atomic mass is 35.5. The predicted octanol–water partition coefficient (Wildman–Crippen LogP) is 3.72. The number of imidazole rings is 1. The zero-order chi connectivity index (χ0) is 13.7. The molecule has 0 aliphatic rings. The third kappa shape index (κ3) is 3.70. The fourth-order valence-corrected chi connectivity index (χ4v) is 2.09. The molecule has 0 saturated heterocycles. The minimum absolute atomic E-state index is 0.556. The van der Waals surface area contributed by atoms with E-state index in [1.165, 1.54) is 0 Å². The van der Waals surface area contributed by atoms with Gasteiger partial charge < -0.3 is 10.3 Å². The molecule has 0 radical (unpaired) electrons. The van der Waals surface area contributed by atoms with Crippen LogP contribution in [0.4, 0.5) is 5.69 Å². The molecule has 0 atom stereocenters. The molecule has 0 spiro atoms. The second-order valence-electron chi connectivity index (χ2n) is 4.55. The van der Waals surface area contributed by atoms with Crippen LogP contribution >= 0.6 is 11.6 Å². The van der Waals surface area contributed by atoms with Gasteiger partial charge in [-0.05, 0) is 25.5 Å². The Morgan fingerprint density at radius 3 is 3.00 bits per heavy atom. The summed E-state index contributed by atoms with van der Waals surface area (Å²) in [5, 5.41) is 3.88. The largest absolute Gasteiger partial charge is 0.378 e. The van der Waals surface area contributed by atoms with Crippen LogP contribution in [0.15, 0.2) is 18.3 Å². The van der Waals surface area contributed by atoms with Crippen LogP contribution in [0.25, 0.3) is 0 Å². The van der Waals surface area contributed by atoms with Crippen molar-refractivity contribution < 1.29 is 0 Å². The Bertz CT molecular complexity index is 536. The van der Waals surface area contributed by atoms with Crippen molar-refractivity contribution in [3.63, 3.8) is 0 Å². The maximum absolute atomic E-state index is 6.13. The van der Waals surface area contributed by atoms with E-state index >= 15 is 0 Å². The van der Waals surface area contributed by atoms with Crippen molar-refractivity contribution in [2.45, 2.75) is 39.7 Å². The maximum Gasteiger partial charge on any atom is 0.152 e. The molecule has 0 bridgehead atoms. The molecular weight excluding hydrogens is 260 g/mol. The summed E-state index contributed by atoms with van der Waals surface area (Å²) in [7, 11) is 0. The van der Waals surface area contributed by atoms with Crippen molar-refractivity contribution in [1.29, 1.82) is 0 Å². The lowest BCUT2D eigenvalue weighted by molar-refractivity contribution is 0.760. The Kier molecular flexibility index (Phi) is 4.80. The van der Waals surface area contributed by atoms with Gasteiger partial charge in [-0.3, -0.25) is 4.98 Å². The standard InChI is InChI=1S/C14H19ClN4/c1-3-4-7-13-18-12(14(15)19-13)9-17-11-6-5-8-16-10(11)2/h5-6,8,17H,3-4,7,9H2,1-2H3,(H,18,19). The maximum atomic E-state index is 6.13. The summed E-state index contributed by atoms with van der Waals surface area (Å²) in [6.07, 6.45) is 5.01. The molecule has 2 heterocycles. The molecule has 5 heteroatoms. The van der Waals surface area contributed by atoms with Crippen LogP contribution in [0.1, 0.15) is 37.0 Å². The van der Waals surface area contributed by atoms with Gasteiger partial charge in [-0.1, -0.05) is 24.9 Å². The Balaban J connectivity index is 1.99. The van der Waals surface area contributed by atoms with Crippen LogP contribution in [-0.4, -0.2) is 15.0 Å².